The molecule has 1 N–H and O–H groups in total. The number of amides is 1. The van der Waals surface area contributed by atoms with Gasteiger partial charge in [0.1, 0.15) is 0 Å². The van der Waals surface area contributed by atoms with Crippen LogP contribution < -0.4 is 5.32 Å². The molecular formula is C16H12ClNO3. The molecule has 0 bridgehead atoms. The van der Waals surface area contributed by atoms with Gasteiger partial charge in [0.05, 0.1) is 16.3 Å². The number of halogens is 1. The number of nitrogens with one attached hydrogen (secondary N) is 1. The summed E-state index contributed by atoms with van der Waals surface area (Å²) in [5.41, 5.74) is 1.83. The van der Waals surface area contributed by atoms with Crippen LogP contribution in [-0.4, -0.2) is 18.0 Å². The summed E-state index contributed by atoms with van der Waals surface area (Å²) < 4.78 is 5.19. The number of rotatable bonds is 2. The number of anilines is 1. The molecule has 2 aromatic rings. The second-order valence-corrected chi connectivity index (χ2v) is 5.13. The molecule has 0 radical (unpaired) electrons. The fraction of sp³-hybridized carbons (Fsp3) is 0.125. The van der Waals surface area contributed by atoms with Gasteiger partial charge in [-0.3, -0.25) is 4.79 Å². The molecule has 1 aliphatic heterocycles. The average molecular weight is 302 g/mol. The highest BCUT2D eigenvalue weighted by atomic mass is 35.5. The van der Waals surface area contributed by atoms with Crippen LogP contribution in [0, 0.1) is 0 Å². The van der Waals surface area contributed by atoms with Crippen LogP contribution in [0.5, 0.6) is 0 Å². The molecule has 5 heteroatoms. The van der Waals surface area contributed by atoms with Crippen molar-refractivity contribution in [1.29, 1.82) is 0 Å². The van der Waals surface area contributed by atoms with E-state index in [-0.39, 0.29) is 5.91 Å². The molecule has 4 nitrogen and oxygen atoms in total. The van der Waals surface area contributed by atoms with E-state index in [2.05, 4.69) is 5.32 Å². The minimum Gasteiger partial charge on any atom is -0.448 e. The third-order valence-corrected chi connectivity index (χ3v) is 3.65. The molecule has 2 aromatic carbocycles. The maximum Gasteiger partial charge on any atom is 0.339 e. The Kier molecular flexibility index (Phi) is 3.62. The number of cyclic esters (lactones) is 1. The number of ether oxygens (including phenoxy) is 1. The van der Waals surface area contributed by atoms with Crippen molar-refractivity contribution in [2.45, 2.75) is 12.5 Å². The fourth-order valence-electron chi connectivity index (χ4n) is 2.25. The SMILES string of the molecule is O=C1O[C@H](C(=O)Nc2ccccc2Cl)Cc2ccccc21. The summed E-state index contributed by atoms with van der Waals surface area (Å²) in [5, 5.41) is 3.12. The zero-order valence-corrected chi connectivity index (χ0v) is 11.8. The van der Waals surface area contributed by atoms with E-state index in [0.29, 0.717) is 22.7 Å². The highest BCUT2D eigenvalue weighted by Crippen LogP contribution is 2.24. The van der Waals surface area contributed by atoms with Crippen molar-refractivity contribution in [3.63, 3.8) is 0 Å². The van der Waals surface area contributed by atoms with Gasteiger partial charge >= 0.3 is 5.97 Å². The molecule has 1 atom stereocenters. The number of esters is 1. The summed E-state index contributed by atoms with van der Waals surface area (Å²) >= 11 is 5.99. The molecule has 0 aliphatic carbocycles. The number of fused-ring (bicyclic) bond motifs is 1. The number of hydrogen-bond donors (Lipinski definition) is 1. The second kappa shape index (κ2) is 5.58. The highest BCUT2D eigenvalue weighted by molar-refractivity contribution is 6.33. The van der Waals surface area contributed by atoms with Crippen LogP contribution in [0.15, 0.2) is 48.5 Å². The van der Waals surface area contributed by atoms with Crippen LogP contribution in [0.4, 0.5) is 5.69 Å². The van der Waals surface area contributed by atoms with Gasteiger partial charge in [-0.25, -0.2) is 4.79 Å². The zero-order chi connectivity index (χ0) is 14.8. The maximum atomic E-state index is 12.2. The van der Waals surface area contributed by atoms with Crippen molar-refractivity contribution >= 4 is 29.2 Å². The lowest BCUT2D eigenvalue weighted by molar-refractivity contribution is -0.125. The van der Waals surface area contributed by atoms with Gasteiger partial charge in [0.25, 0.3) is 5.91 Å². The largest absolute Gasteiger partial charge is 0.448 e. The van der Waals surface area contributed by atoms with Crippen molar-refractivity contribution in [3.05, 3.63) is 64.7 Å². The summed E-state index contributed by atoms with van der Waals surface area (Å²) in [6.45, 7) is 0. The first-order valence-corrected chi connectivity index (χ1v) is 6.87. The molecule has 0 saturated heterocycles. The van der Waals surface area contributed by atoms with E-state index in [1.165, 1.54) is 0 Å². The lowest BCUT2D eigenvalue weighted by Gasteiger charge is -2.23. The van der Waals surface area contributed by atoms with Crippen molar-refractivity contribution in [2.75, 3.05) is 5.32 Å². The van der Waals surface area contributed by atoms with Gasteiger partial charge in [-0.2, -0.15) is 0 Å². The Morgan fingerprint density at radius 1 is 1.14 bits per heavy atom. The third kappa shape index (κ3) is 2.76. The highest BCUT2D eigenvalue weighted by Gasteiger charge is 2.31. The normalized spacial score (nSPS) is 16.8. The minimum absolute atomic E-state index is 0.359. The van der Waals surface area contributed by atoms with Crippen molar-refractivity contribution in [1.82, 2.24) is 0 Å². The molecule has 1 heterocycles. The molecule has 21 heavy (non-hydrogen) atoms. The van der Waals surface area contributed by atoms with Crippen molar-refractivity contribution in [2.24, 2.45) is 0 Å². The van der Waals surface area contributed by atoms with Gasteiger partial charge in [-0.15, -0.1) is 0 Å². The standard InChI is InChI=1S/C16H12ClNO3/c17-12-7-3-4-8-13(12)18-15(19)14-9-10-5-1-2-6-11(10)16(20)21-14/h1-8,14H,9H2,(H,18,19)/t14-/m0/s1. The Labute approximate surface area is 126 Å². The third-order valence-electron chi connectivity index (χ3n) is 3.32. The first kappa shape index (κ1) is 13.6. The Balaban J connectivity index is 1.78. The molecule has 1 amide bonds. The first-order valence-electron chi connectivity index (χ1n) is 6.49. The number of carbonyl (C=O) groups is 2. The molecule has 3 rings (SSSR count). The van der Waals surface area contributed by atoms with Crippen LogP contribution in [0.25, 0.3) is 0 Å². The van der Waals surface area contributed by atoms with E-state index >= 15 is 0 Å². The summed E-state index contributed by atoms with van der Waals surface area (Å²) in [4.78, 5) is 24.1. The van der Waals surface area contributed by atoms with Crippen molar-refractivity contribution in [3.8, 4) is 0 Å². The van der Waals surface area contributed by atoms with Crippen LogP contribution in [-0.2, 0) is 16.0 Å². The van der Waals surface area contributed by atoms with E-state index in [1.54, 1.807) is 36.4 Å². The van der Waals surface area contributed by atoms with Crippen LogP contribution in [0.2, 0.25) is 5.02 Å². The van der Waals surface area contributed by atoms with Gasteiger partial charge in [0.2, 0.25) is 0 Å². The predicted molar refractivity (Wildman–Crippen MR) is 79.4 cm³/mol. The molecule has 0 unspecified atom stereocenters. The smallest absolute Gasteiger partial charge is 0.339 e. The zero-order valence-electron chi connectivity index (χ0n) is 11.0. The molecule has 0 aromatic heterocycles. The number of para-hydroxylation sites is 1. The molecule has 106 valence electrons. The molecule has 1 aliphatic rings. The molecule has 0 spiro atoms. The molecular weight excluding hydrogens is 290 g/mol. The van der Waals surface area contributed by atoms with Crippen molar-refractivity contribution < 1.29 is 14.3 Å². The van der Waals surface area contributed by atoms with Gasteiger partial charge in [0.15, 0.2) is 6.10 Å². The van der Waals surface area contributed by atoms with Crippen LogP contribution in [0.3, 0.4) is 0 Å². The predicted octanol–water partition coefficient (Wildman–Crippen LogP) is 3.06. The lowest BCUT2D eigenvalue weighted by atomic mass is 9.98. The number of carbonyl (C=O) groups excluding carboxylic acids is 2. The van der Waals surface area contributed by atoms with Gasteiger partial charge in [0, 0.05) is 6.42 Å². The Bertz CT molecular complexity index is 714. The second-order valence-electron chi connectivity index (χ2n) is 4.72. The van der Waals surface area contributed by atoms with E-state index in [1.807, 2.05) is 12.1 Å². The van der Waals surface area contributed by atoms with E-state index < -0.39 is 12.1 Å². The van der Waals surface area contributed by atoms with Crippen LogP contribution in [0.1, 0.15) is 15.9 Å². The fourth-order valence-corrected chi connectivity index (χ4v) is 2.44. The van der Waals surface area contributed by atoms with E-state index in [9.17, 15) is 9.59 Å². The maximum absolute atomic E-state index is 12.2. The summed E-state index contributed by atoms with van der Waals surface area (Å²) in [6, 6.07) is 14.0. The average Bonchev–Trinajstić information content (AvgIpc) is 2.49. The monoisotopic (exact) mass is 301 g/mol. The lowest BCUT2D eigenvalue weighted by Crippen LogP contribution is -2.38. The van der Waals surface area contributed by atoms with Crippen LogP contribution >= 0.6 is 11.6 Å². The summed E-state index contributed by atoms with van der Waals surface area (Å²) in [5.74, 6) is -0.859. The summed E-state index contributed by atoms with van der Waals surface area (Å²) in [6.07, 6.45) is -0.484. The Morgan fingerprint density at radius 2 is 1.86 bits per heavy atom. The van der Waals surface area contributed by atoms with Gasteiger partial charge < -0.3 is 10.1 Å². The molecule has 0 fully saturated rings. The quantitative estimate of drug-likeness (QED) is 0.867. The number of benzene rings is 2. The van der Waals surface area contributed by atoms with E-state index in [4.69, 9.17) is 16.3 Å². The topological polar surface area (TPSA) is 55.4 Å². The number of hydrogen-bond acceptors (Lipinski definition) is 3. The molecule has 0 saturated carbocycles. The van der Waals surface area contributed by atoms with E-state index in [0.717, 1.165) is 5.56 Å². The first-order chi connectivity index (χ1) is 10.1. The van der Waals surface area contributed by atoms with Gasteiger partial charge in [-0.05, 0) is 23.8 Å². The minimum atomic E-state index is -0.844. The Morgan fingerprint density at radius 3 is 2.67 bits per heavy atom. The summed E-state index contributed by atoms with van der Waals surface area (Å²) in [7, 11) is 0. The Hall–Kier alpha value is -2.33. The van der Waals surface area contributed by atoms with Gasteiger partial charge in [-0.1, -0.05) is 41.9 Å².